The summed E-state index contributed by atoms with van der Waals surface area (Å²) in [6.45, 7) is 4.12. The van der Waals surface area contributed by atoms with Crippen molar-refractivity contribution in [3.8, 4) is 11.8 Å². The SMILES string of the molecule is C/C=C/CCc1ccc2cc(C#Cc3ccc(CC)cc3)ccc2c1F. The molecule has 0 nitrogen and oxygen atoms in total. The van der Waals surface area contributed by atoms with Crippen LogP contribution in [0.25, 0.3) is 10.8 Å². The van der Waals surface area contributed by atoms with Crippen LogP contribution in [-0.4, -0.2) is 0 Å². The van der Waals surface area contributed by atoms with E-state index >= 15 is 0 Å². The maximum atomic E-state index is 14.7. The quantitative estimate of drug-likeness (QED) is 0.377. The number of aryl methyl sites for hydroxylation is 2. The van der Waals surface area contributed by atoms with E-state index in [1.807, 2.05) is 55.5 Å². The topological polar surface area (TPSA) is 0 Å². The van der Waals surface area contributed by atoms with Gasteiger partial charge in [-0.2, -0.15) is 0 Å². The molecule has 0 heterocycles. The molecule has 0 amide bonds. The van der Waals surface area contributed by atoms with Crippen LogP contribution < -0.4 is 0 Å². The van der Waals surface area contributed by atoms with Gasteiger partial charge in [0.1, 0.15) is 5.82 Å². The minimum atomic E-state index is -0.110. The summed E-state index contributed by atoms with van der Waals surface area (Å²) in [6.07, 6.45) is 6.68. The van der Waals surface area contributed by atoms with Gasteiger partial charge >= 0.3 is 0 Å². The molecule has 0 aromatic heterocycles. The first kappa shape index (κ1) is 18.0. The highest BCUT2D eigenvalue weighted by atomic mass is 19.1. The number of allylic oxidation sites excluding steroid dienone is 2. The van der Waals surface area contributed by atoms with E-state index in [0.717, 1.165) is 41.3 Å². The maximum absolute atomic E-state index is 14.7. The Morgan fingerprint density at radius 1 is 0.923 bits per heavy atom. The van der Waals surface area contributed by atoms with Gasteiger partial charge in [0.05, 0.1) is 0 Å². The van der Waals surface area contributed by atoms with Gasteiger partial charge in [0.25, 0.3) is 0 Å². The lowest BCUT2D eigenvalue weighted by atomic mass is 10.0. The van der Waals surface area contributed by atoms with Crippen LogP contribution in [0.1, 0.15) is 42.5 Å². The Labute approximate surface area is 155 Å². The molecule has 0 aliphatic rings. The van der Waals surface area contributed by atoms with Gasteiger partial charge < -0.3 is 0 Å². The summed E-state index contributed by atoms with van der Waals surface area (Å²) >= 11 is 0. The smallest absolute Gasteiger partial charge is 0.134 e. The van der Waals surface area contributed by atoms with Crippen molar-refractivity contribution in [1.82, 2.24) is 0 Å². The molecular weight excluding hydrogens is 319 g/mol. The molecule has 0 atom stereocenters. The zero-order valence-corrected chi connectivity index (χ0v) is 15.4. The summed E-state index contributed by atoms with van der Waals surface area (Å²) < 4.78 is 14.7. The van der Waals surface area contributed by atoms with Crippen molar-refractivity contribution in [3.05, 3.63) is 94.8 Å². The molecule has 0 aliphatic carbocycles. The summed E-state index contributed by atoms with van der Waals surface area (Å²) in [5.41, 5.74) is 3.97. The number of halogens is 1. The fraction of sp³-hybridized carbons (Fsp3) is 0.200. The molecule has 0 saturated carbocycles. The molecule has 0 bridgehead atoms. The van der Waals surface area contributed by atoms with E-state index in [1.54, 1.807) is 0 Å². The third-order valence-corrected chi connectivity index (χ3v) is 4.56. The van der Waals surface area contributed by atoms with Crippen molar-refractivity contribution in [1.29, 1.82) is 0 Å². The van der Waals surface area contributed by atoms with Crippen molar-refractivity contribution in [2.24, 2.45) is 0 Å². The van der Waals surface area contributed by atoms with Gasteiger partial charge in [0.15, 0.2) is 0 Å². The Kier molecular flexibility index (Phi) is 5.87. The van der Waals surface area contributed by atoms with Crippen molar-refractivity contribution in [3.63, 3.8) is 0 Å². The molecule has 3 rings (SSSR count). The third-order valence-electron chi connectivity index (χ3n) is 4.56. The van der Waals surface area contributed by atoms with E-state index in [0.29, 0.717) is 5.39 Å². The average molecular weight is 342 g/mol. The Balaban J connectivity index is 1.85. The van der Waals surface area contributed by atoms with Crippen molar-refractivity contribution >= 4 is 10.8 Å². The van der Waals surface area contributed by atoms with Gasteiger partial charge in [-0.3, -0.25) is 0 Å². The van der Waals surface area contributed by atoms with Crippen molar-refractivity contribution in [2.75, 3.05) is 0 Å². The molecule has 26 heavy (non-hydrogen) atoms. The largest absolute Gasteiger partial charge is 0.206 e. The second kappa shape index (κ2) is 8.50. The number of hydrogen-bond acceptors (Lipinski definition) is 0. The summed E-state index contributed by atoms with van der Waals surface area (Å²) in [6, 6.07) is 17.9. The Bertz CT molecular complexity index is 982. The number of fused-ring (bicyclic) bond motifs is 1. The first-order chi connectivity index (χ1) is 12.7. The van der Waals surface area contributed by atoms with Gasteiger partial charge in [-0.05, 0) is 67.0 Å². The predicted molar refractivity (Wildman–Crippen MR) is 109 cm³/mol. The fourth-order valence-corrected chi connectivity index (χ4v) is 2.98. The second-order valence-corrected chi connectivity index (χ2v) is 6.38. The summed E-state index contributed by atoms with van der Waals surface area (Å²) in [7, 11) is 0. The number of benzene rings is 3. The van der Waals surface area contributed by atoms with E-state index in [2.05, 4.69) is 37.0 Å². The first-order valence-corrected chi connectivity index (χ1v) is 9.14. The van der Waals surface area contributed by atoms with Crippen LogP contribution in [-0.2, 0) is 12.8 Å². The minimum absolute atomic E-state index is 0.110. The van der Waals surface area contributed by atoms with E-state index in [-0.39, 0.29) is 5.82 Å². The maximum Gasteiger partial charge on any atom is 0.134 e. The number of hydrogen-bond donors (Lipinski definition) is 0. The monoisotopic (exact) mass is 342 g/mol. The molecule has 0 spiro atoms. The van der Waals surface area contributed by atoms with Crippen LogP contribution in [0.4, 0.5) is 4.39 Å². The average Bonchev–Trinajstić information content (AvgIpc) is 2.68. The molecule has 0 radical (unpaired) electrons. The van der Waals surface area contributed by atoms with Crippen molar-refractivity contribution in [2.45, 2.75) is 33.1 Å². The highest BCUT2D eigenvalue weighted by Gasteiger charge is 2.07. The van der Waals surface area contributed by atoms with Crippen molar-refractivity contribution < 1.29 is 4.39 Å². The van der Waals surface area contributed by atoms with E-state index in [9.17, 15) is 4.39 Å². The lowest BCUT2D eigenvalue weighted by Gasteiger charge is -2.06. The summed E-state index contributed by atoms with van der Waals surface area (Å²) in [4.78, 5) is 0. The van der Waals surface area contributed by atoms with Gasteiger partial charge in [-0.15, -0.1) is 0 Å². The van der Waals surface area contributed by atoms with Crippen LogP contribution in [0, 0.1) is 17.7 Å². The fourth-order valence-electron chi connectivity index (χ4n) is 2.98. The van der Waals surface area contributed by atoms with Gasteiger partial charge in [-0.1, -0.05) is 61.2 Å². The minimum Gasteiger partial charge on any atom is -0.206 e. The predicted octanol–water partition coefficient (Wildman–Crippen LogP) is 6.45. The summed E-state index contributed by atoms with van der Waals surface area (Å²) in [5.74, 6) is 6.26. The first-order valence-electron chi connectivity index (χ1n) is 9.14. The zero-order valence-electron chi connectivity index (χ0n) is 15.4. The van der Waals surface area contributed by atoms with E-state index in [4.69, 9.17) is 0 Å². The highest BCUT2D eigenvalue weighted by molar-refractivity contribution is 5.85. The van der Waals surface area contributed by atoms with Gasteiger partial charge in [0, 0.05) is 16.5 Å². The Hall–Kier alpha value is -2.85. The lowest BCUT2D eigenvalue weighted by Crippen LogP contribution is -1.92. The molecule has 0 N–H and O–H groups in total. The molecule has 1 heteroatoms. The van der Waals surface area contributed by atoms with E-state index in [1.165, 1.54) is 5.56 Å². The Morgan fingerprint density at radius 2 is 1.65 bits per heavy atom. The summed E-state index contributed by atoms with van der Waals surface area (Å²) in [5, 5.41) is 1.56. The van der Waals surface area contributed by atoms with Crippen LogP contribution in [0.3, 0.4) is 0 Å². The Morgan fingerprint density at radius 3 is 2.38 bits per heavy atom. The van der Waals surface area contributed by atoms with Crippen LogP contribution in [0.15, 0.2) is 66.7 Å². The second-order valence-electron chi connectivity index (χ2n) is 6.38. The molecule has 3 aromatic rings. The molecule has 3 aromatic carbocycles. The molecule has 0 saturated heterocycles. The van der Waals surface area contributed by atoms with Gasteiger partial charge in [-0.25, -0.2) is 4.39 Å². The molecular formula is C25H23F. The van der Waals surface area contributed by atoms with Crippen LogP contribution in [0.5, 0.6) is 0 Å². The third kappa shape index (κ3) is 4.21. The van der Waals surface area contributed by atoms with Crippen LogP contribution in [0.2, 0.25) is 0 Å². The lowest BCUT2D eigenvalue weighted by molar-refractivity contribution is 0.621. The normalized spacial score (nSPS) is 10.9. The molecule has 0 fully saturated rings. The molecule has 0 aliphatic heterocycles. The molecule has 130 valence electrons. The van der Waals surface area contributed by atoms with Gasteiger partial charge in [0.2, 0.25) is 0 Å². The standard InChI is InChI=1S/C25H23F/c1-3-5-6-7-22-15-16-23-18-21(14-17-24(23)25(22)26)13-12-20-10-8-19(4-2)9-11-20/h3,5,8-11,14-18H,4,6-7H2,1-2H3/b5-3+. The zero-order chi connectivity index (χ0) is 18.4. The van der Waals surface area contributed by atoms with E-state index < -0.39 is 0 Å². The highest BCUT2D eigenvalue weighted by Crippen LogP contribution is 2.23. The van der Waals surface area contributed by atoms with Crippen LogP contribution >= 0.6 is 0 Å². The molecule has 0 unspecified atom stereocenters. The number of rotatable bonds is 4.